The van der Waals surface area contributed by atoms with Gasteiger partial charge in [0.25, 0.3) is 0 Å². The third-order valence-corrected chi connectivity index (χ3v) is 4.13. The first-order valence-corrected chi connectivity index (χ1v) is 8.26. The molecular formula is C20H20O6. The number of carbonyl (C=O) groups excluding carboxylic acids is 2. The lowest BCUT2D eigenvalue weighted by molar-refractivity contribution is -0.159. The zero-order valence-corrected chi connectivity index (χ0v) is 14.9. The van der Waals surface area contributed by atoms with Crippen molar-refractivity contribution in [2.24, 2.45) is 0 Å². The van der Waals surface area contributed by atoms with E-state index in [1.54, 1.807) is 43.3 Å². The van der Waals surface area contributed by atoms with E-state index in [9.17, 15) is 9.59 Å². The topological polar surface area (TPSA) is 71.1 Å². The van der Waals surface area contributed by atoms with Crippen LogP contribution in [0.3, 0.4) is 0 Å². The molecule has 136 valence electrons. The fraction of sp³-hybridized carbons (Fsp3) is 0.300. The minimum absolute atomic E-state index is 0.0304. The van der Waals surface area contributed by atoms with E-state index >= 15 is 0 Å². The van der Waals surface area contributed by atoms with Crippen molar-refractivity contribution in [3.05, 3.63) is 53.6 Å². The third kappa shape index (κ3) is 3.64. The molecule has 0 N–H and O–H groups in total. The summed E-state index contributed by atoms with van der Waals surface area (Å²) < 4.78 is 22.1. The number of fused-ring (bicyclic) bond motifs is 1. The first-order valence-electron chi connectivity index (χ1n) is 8.26. The summed E-state index contributed by atoms with van der Waals surface area (Å²) in [5.74, 6) is 1.03. The summed E-state index contributed by atoms with van der Waals surface area (Å²) in [4.78, 5) is 24.0. The molecule has 0 unspecified atom stereocenters. The van der Waals surface area contributed by atoms with Crippen LogP contribution in [0.4, 0.5) is 0 Å². The van der Waals surface area contributed by atoms with Crippen molar-refractivity contribution in [1.82, 2.24) is 0 Å². The molecule has 0 fully saturated rings. The van der Waals surface area contributed by atoms with Gasteiger partial charge in [-0.1, -0.05) is 12.1 Å². The van der Waals surface area contributed by atoms with Crippen LogP contribution in [-0.4, -0.2) is 31.1 Å². The van der Waals surface area contributed by atoms with Gasteiger partial charge in [0.15, 0.2) is 17.3 Å². The van der Waals surface area contributed by atoms with Crippen LogP contribution < -0.4 is 14.2 Å². The highest BCUT2D eigenvalue weighted by Gasteiger charge is 2.35. The van der Waals surface area contributed by atoms with Crippen molar-refractivity contribution >= 4 is 11.8 Å². The molecule has 26 heavy (non-hydrogen) atoms. The Balaban J connectivity index is 1.71. The Morgan fingerprint density at radius 2 is 1.77 bits per heavy atom. The number of hydrogen-bond donors (Lipinski definition) is 0. The Labute approximate surface area is 151 Å². The minimum atomic E-state index is -0.869. The van der Waals surface area contributed by atoms with Crippen LogP contribution >= 0.6 is 0 Å². The number of carbonyl (C=O) groups is 2. The summed E-state index contributed by atoms with van der Waals surface area (Å²) in [6, 6.07) is 12.2. The Morgan fingerprint density at radius 1 is 1.08 bits per heavy atom. The molecule has 2 aromatic carbocycles. The summed E-state index contributed by atoms with van der Waals surface area (Å²) >= 11 is 0. The molecule has 3 rings (SSSR count). The van der Waals surface area contributed by atoms with Crippen molar-refractivity contribution in [2.45, 2.75) is 32.7 Å². The monoisotopic (exact) mass is 356 g/mol. The normalized spacial score (nSPS) is 18.1. The Morgan fingerprint density at radius 3 is 2.42 bits per heavy atom. The second-order valence-corrected chi connectivity index (χ2v) is 6.00. The molecule has 0 aromatic heterocycles. The number of rotatable bonds is 5. The number of ether oxygens (including phenoxy) is 4. The third-order valence-electron chi connectivity index (χ3n) is 4.13. The number of Topliss-reactive ketones (excluding diaryl/α,β-unsaturated/α-hetero) is 1. The van der Waals surface area contributed by atoms with E-state index in [0.29, 0.717) is 28.4 Å². The summed E-state index contributed by atoms with van der Waals surface area (Å²) in [6.07, 6.45) is -1.35. The Kier molecular flexibility index (Phi) is 5.11. The maximum absolute atomic E-state index is 12.5. The van der Waals surface area contributed by atoms with Crippen molar-refractivity contribution in [1.29, 1.82) is 0 Å². The van der Waals surface area contributed by atoms with Gasteiger partial charge in [-0.25, -0.2) is 4.79 Å². The predicted molar refractivity (Wildman–Crippen MR) is 93.7 cm³/mol. The zero-order valence-electron chi connectivity index (χ0n) is 14.9. The van der Waals surface area contributed by atoms with Gasteiger partial charge in [0.05, 0.1) is 7.11 Å². The van der Waals surface area contributed by atoms with E-state index in [-0.39, 0.29) is 12.4 Å². The van der Waals surface area contributed by atoms with Crippen LogP contribution in [0, 0.1) is 0 Å². The fourth-order valence-electron chi connectivity index (χ4n) is 2.72. The molecule has 2 aromatic rings. The molecule has 6 nitrogen and oxygen atoms in total. The van der Waals surface area contributed by atoms with E-state index < -0.39 is 18.2 Å². The largest absolute Gasteiger partial charge is 0.496 e. The fourth-order valence-corrected chi connectivity index (χ4v) is 2.72. The molecule has 0 saturated carbocycles. The van der Waals surface area contributed by atoms with Crippen molar-refractivity contribution < 1.29 is 28.5 Å². The van der Waals surface area contributed by atoms with Gasteiger partial charge in [-0.2, -0.15) is 0 Å². The van der Waals surface area contributed by atoms with Gasteiger partial charge in [-0.05, 0) is 44.2 Å². The maximum atomic E-state index is 12.5. The van der Waals surface area contributed by atoms with Gasteiger partial charge in [-0.3, -0.25) is 4.79 Å². The van der Waals surface area contributed by atoms with Crippen molar-refractivity contribution in [2.75, 3.05) is 7.11 Å². The van der Waals surface area contributed by atoms with Crippen molar-refractivity contribution in [3.63, 3.8) is 0 Å². The van der Waals surface area contributed by atoms with E-state index in [2.05, 4.69) is 0 Å². The molecule has 0 bridgehead atoms. The summed E-state index contributed by atoms with van der Waals surface area (Å²) in [6.45, 7) is 3.19. The van der Waals surface area contributed by atoms with Crippen LogP contribution in [0.1, 0.15) is 29.8 Å². The lowest BCUT2D eigenvalue weighted by atomic mass is 10.1. The first kappa shape index (κ1) is 17.8. The highest BCUT2D eigenvalue weighted by atomic mass is 16.6. The second-order valence-electron chi connectivity index (χ2n) is 6.00. The van der Waals surface area contributed by atoms with Gasteiger partial charge in [-0.15, -0.1) is 0 Å². The molecule has 2 atom stereocenters. The molecule has 1 aliphatic rings. The number of esters is 1. The average Bonchev–Trinajstić information content (AvgIpc) is 2.65. The molecule has 0 radical (unpaired) electrons. The number of hydrogen-bond acceptors (Lipinski definition) is 6. The molecule has 0 spiro atoms. The smallest absolute Gasteiger partial charge is 0.351 e. The van der Waals surface area contributed by atoms with E-state index in [1.165, 1.54) is 14.0 Å². The standard InChI is InChI=1S/C20H20O6/c1-12(21)14-8-9-16(23-3)15(10-14)11-24-20(22)19-13(2)25-17-6-4-5-7-18(17)26-19/h4-10,13,19H,11H2,1-3H3/t13-,19-/m1/s1. The molecule has 1 aliphatic heterocycles. The molecule has 0 saturated heterocycles. The first-order chi connectivity index (χ1) is 12.5. The Bertz CT molecular complexity index is 829. The molecular weight excluding hydrogens is 336 g/mol. The quantitative estimate of drug-likeness (QED) is 0.605. The van der Waals surface area contributed by atoms with E-state index in [0.717, 1.165) is 0 Å². The summed E-state index contributed by atoms with van der Waals surface area (Å²) in [5.41, 5.74) is 1.13. The van der Waals surface area contributed by atoms with Crippen LogP contribution in [-0.2, 0) is 16.1 Å². The molecule has 0 amide bonds. The van der Waals surface area contributed by atoms with Crippen molar-refractivity contribution in [3.8, 4) is 17.2 Å². The number of benzene rings is 2. The van der Waals surface area contributed by atoms with E-state index in [4.69, 9.17) is 18.9 Å². The SMILES string of the molecule is COc1ccc(C(C)=O)cc1COC(=O)[C@@H]1Oc2ccccc2O[C@@H]1C. The van der Waals surface area contributed by atoms with E-state index in [1.807, 2.05) is 6.07 Å². The van der Waals surface area contributed by atoms with Gasteiger partial charge < -0.3 is 18.9 Å². The zero-order chi connectivity index (χ0) is 18.7. The highest BCUT2D eigenvalue weighted by molar-refractivity contribution is 5.94. The summed E-state index contributed by atoms with van der Waals surface area (Å²) in [5, 5.41) is 0. The predicted octanol–water partition coefficient (Wildman–Crippen LogP) is 3.17. The van der Waals surface area contributed by atoms with Gasteiger partial charge in [0, 0.05) is 11.1 Å². The van der Waals surface area contributed by atoms with Gasteiger partial charge in [0.1, 0.15) is 18.5 Å². The number of ketones is 1. The summed E-state index contributed by atoms with van der Waals surface area (Å²) in [7, 11) is 1.52. The average molecular weight is 356 g/mol. The lowest BCUT2D eigenvalue weighted by Gasteiger charge is -2.30. The van der Waals surface area contributed by atoms with Gasteiger partial charge >= 0.3 is 5.97 Å². The second kappa shape index (κ2) is 7.47. The minimum Gasteiger partial charge on any atom is -0.496 e. The number of para-hydroxylation sites is 2. The van der Waals surface area contributed by atoms with Gasteiger partial charge in [0.2, 0.25) is 6.10 Å². The van der Waals surface area contributed by atoms with Crippen LogP contribution in [0.2, 0.25) is 0 Å². The molecule has 6 heteroatoms. The lowest BCUT2D eigenvalue weighted by Crippen LogP contribution is -2.44. The molecule has 0 aliphatic carbocycles. The van der Waals surface area contributed by atoms with Crippen LogP contribution in [0.15, 0.2) is 42.5 Å². The number of methoxy groups -OCH3 is 1. The van der Waals surface area contributed by atoms with Crippen LogP contribution in [0.5, 0.6) is 17.2 Å². The van der Waals surface area contributed by atoms with Crippen LogP contribution in [0.25, 0.3) is 0 Å². The molecule has 1 heterocycles. The maximum Gasteiger partial charge on any atom is 0.351 e. The highest BCUT2D eigenvalue weighted by Crippen LogP contribution is 2.34. The Hall–Kier alpha value is -3.02.